The number of anilines is 2. The van der Waals surface area contributed by atoms with E-state index in [1.807, 2.05) is 0 Å². The van der Waals surface area contributed by atoms with Crippen LogP contribution >= 0.6 is 0 Å². The molecule has 0 aromatic heterocycles. The highest BCUT2D eigenvalue weighted by Crippen LogP contribution is 2.32. The number of ether oxygens (including phenoxy) is 1. The number of nitrogens with one attached hydrogen (secondary N) is 2. The molecule has 4 N–H and O–H groups in total. The van der Waals surface area contributed by atoms with Gasteiger partial charge in [0.2, 0.25) is 11.8 Å². The Morgan fingerprint density at radius 2 is 1.90 bits per heavy atom. The zero-order valence-electron chi connectivity index (χ0n) is 16.8. The van der Waals surface area contributed by atoms with Crippen LogP contribution in [-0.4, -0.2) is 49.4 Å². The summed E-state index contributed by atoms with van der Waals surface area (Å²) in [6, 6.07) is 1.91. The second-order valence-electron chi connectivity index (χ2n) is 7.72. The van der Waals surface area contributed by atoms with Crippen molar-refractivity contribution in [2.24, 2.45) is 11.1 Å². The van der Waals surface area contributed by atoms with Gasteiger partial charge in [0.25, 0.3) is 18.2 Å². The van der Waals surface area contributed by atoms with E-state index in [2.05, 4.69) is 10.6 Å². The first kappa shape index (κ1) is 23.2. The maximum atomic E-state index is 13.6. The fraction of sp³-hybridized carbons (Fsp3) is 0.474. The van der Waals surface area contributed by atoms with Crippen molar-refractivity contribution in [1.29, 1.82) is 0 Å². The van der Waals surface area contributed by atoms with Crippen molar-refractivity contribution >= 4 is 35.0 Å². The van der Waals surface area contributed by atoms with Crippen molar-refractivity contribution in [3.63, 3.8) is 0 Å². The molecule has 4 amide bonds. The van der Waals surface area contributed by atoms with Gasteiger partial charge in [-0.2, -0.15) is 0 Å². The molecule has 0 bridgehead atoms. The van der Waals surface area contributed by atoms with Crippen LogP contribution in [0.2, 0.25) is 0 Å². The summed E-state index contributed by atoms with van der Waals surface area (Å²) < 4.78 is 32.2. The average molecular weight is 426 g/mol. The molecule has 30 heavy (non-hydrogen) atoms. The summed E-state index contributed by atoms with van der Waals surface area (Å²) in [4.78, 5) is 49.5. The van der Waals surface area contributed by atoms with Gasteiger partial charge in [-0.1, -0.05) is 20.8 Å². The van der Waals surface area contributed by atoms with Crippen LogP contribution in [0, 0.1) is 5.41 Å². The van der Waals surface area contributed by atoms with Crippen LogP contribution in [0.4, 0.5) is 20.2 Å². The van der Waals surface area contributed by atoms with E-state index >= 15 is 0 Å². The van der Waals surface area contributed by atoms with Gasteiger partial charge in [-0.15, -0.1) is 0 Å². The van der Waals surface area contributed by atoms with Crippen LogP contribution in [0.15, 0.2) is 18.2 Å². The lowest BCUT2D eigenvalue weighted by atomic mass is 9.95. The molecule has 1 aliphatic rings. The number of primary amides is 1. The third kappa shape index (κ3) is 5.50. The van der Waals surface area contributed by atoms with E-state index < -0.39 is 41.2 Å². The summed E-state index contributed by atoms with van der Waals surface area (Å²) in [5, 5.41) is 4.42. The van der Waals surface area contributed by atoms with Crippen LogP contribution in [-0.2, 0) is 23.9 Å². The largest absolute Gasteiger partial charge is 0.370 e. The highest BCUT2D eigenvalue weighted by molar-refractivity contribution is 6.12. The number of halogens is 2. The summed E-state index contributed by atoms with van der Waals surface area (Å²) in [5.41, 5.74) is 3.70. The first-order chi connectivity index (χ1) is 13.9. The van der Waals surface area contributed by atoms with Gasteiger partial charge in [0.05, 0.1) is 6.61 Å². The van der Waals surface area contributed by atoms with E-state index in [9.17, 15) is 28.0 Å². The Labute approximate surface area is 171 Å². The number of hydrogen-bond acceptors (Lipinski definition) is 5. The predicted octanol–water partition coefficient (Wildman–Crippen LogP) is 0.942. The Morgan fingerprint density at radius 1 is 1.23 bits per heavy atom. The molecule has 0 saturated carbocycles. The number of benzene rings is 1. The first-order valence-corrected chi connectivity index (χ1v) is 9.13. The molecule has 1 fully saturated rings. The van der Waals surface area contributed by atoms with Gasteiger partial charge < -0.3 is 26.0 Å². The van der Waals surface area contributed by atoms with Crippen molar-refractivity contribution in [2.75, 3.05) is 30.0 Å². The van der Waals surface area contributed by atoms with Crippen LogP contribution in [0.3, 0.4) is 0 Å². The number of amides is 4. The van der Waals surface area contributed by atoms with Crippen molar-refractivity contribution in [3.05, 3.63) is 23.8 Å². The van der Waals surface area contributed by atoms with Crippen molar-refractivity contribution in [1.82, 2.24) is 5.32 Å². The number of alkyl halides is 2. The number of rotatable bonds is 6. The Balaban J connectivity index is 2.27. The summed E-state index contributed by atoms with van der Waals surface area (Å²) >= 11 is 0. The van der Waals surface area contributed by atoms with Gasteiger partial charge in [0, 0.05) is 28.9 Å². The molecule has 0 spiro atoms. The zero-order valence-corrected chi connectivity index (χ0v) is 16.8. The lowest BCUT2D eigenvalue weighted by Crippen LogP contribution is -2.54. The molecule has 2 rings (SSSR count). The van der Waals surface area contributed by atoms with Crippen molar-refractivity contribution in [2.45, 2.75) is 33.2 Å². The van der Waals surface area contributed by atoms with Gasteiger partial charge in [0.1, 0.15) is 6.61 Å². The van der Waals surface area contributed by atoms with E-state index in [1.54, 1.807) is 20.8 Å². The number of nitrogens with zero attached hydrogens (tertiary/aromatic N) is 1. The van der Waals surface area contributed by atoms with Crippen LogP contribution in [0.25, 0.3) is 0 Å². The predicted molar refractivity (Wildman–Crippen MR) is 104 cm³/mol. The number of morpholine rings is 1. The maximum absolute atomic E-state index is 13.6. The normalized spacial score (nSPS) is 15.7. The lowest BCUT2D eigenvalue weighted by Gasteiger charge is -2.28. The second-order valence-corrected chi connectivity index (χ2v) is 7.72. The van der Waals surface area contributed by atoms with Gasteiger partial charge >= 0.3 is 0 Å². The third-order valence-corrected chi connectivity index (χ3v) is 4.33. The van der Waals surface area contributed by atoms with E-state index in [-0.39, 0.29) is 37.0 Å². The van der Waals surface area contributed by atoms with Crippen molar-refractivity contribution in [3.8, 4) is 0 Å². The van der Waals surface area contributed by atoms with E-state index in [0.29, 0.717) is 0 Å². The summed E-state index contributed by atoms with van der Waals surface area (Å²) in [6.07, 6.45) is -2.98. The Bertz CT molecular complexity index is 854. The van der Waals surface area contributed by atoms with E-state index in [0.717, 1.165) is 6.07 Å². The van der Waals surface area contributed by atoms with E-state index in [1.165, 1.54) is 17.0 Å². The van der Waals surface area contributed by atoms with E-state index in [4.69, 9.17) is 10.5 Å². The molecule has 0 radical (unpaired) electrons. The smallest absolute Gasteiger partial charge is 0.265 e. The molecule has 11 heteroatoms. The van der Waals surface area contributed by atoms with Crippen molar-refractivity contribution < 1.29 is 32.7 Å². The maximum Gasteiger partial charge on any atom is 0.265 e. The van der Waals surface area contributed by atoms with Crippen LogP contribution in [0.1, 0.15) is 32.8 Å². The minimum Gasteiger partial charge on any atom is -0.370 e. The number of nitrogens with two attached hydrogens (primary N) is 1. The summed E-state index contributed by atoms with van der Waals surface area (Å²) in [6.45, 7) is 5.02. The fourth-order valence-electron chi connectivity index (χ4n) is 2.62. The average Bonchev–Trinajstić information content (AvgIpc) is 2.65. The molecule has 1 heterocycles. The number of carbonyl (C=O) groups is 4. The van der Waals surface area contributed by atoms with Gasteiger partial charge in [-0.25, -0.2) is 8.78 Å². The summed E-state index contributed by atoms with van der Waals surface area (Å²) in [5.74, 6) is -3.19. The fourth-order valence-corrected chi connectivity index (χ4v) is 2.62. The van der Waals surface area contributed by atoms with Gasteiger partial charge in [-0.05, 0) is 18.2 Å². The minimum atomic E-state index is -2.98. The molecular weight excluding hydrogens is 402 g/mol. The third-order valence-electron chi connectivity index (χ3n) is 4.33. The van der Waals surface area contributed by atoms with Gasteiger partial charge in [-0.3, -0.25) is 19.2 Å². The Hall–Kier alpha value is -3.08. The quantitative estimate of drug-likeness (QED) is 0.583. The topological polar surface area (TPSA) is 131 Å². The molecule has 0 unspecified atom stereocenters. The number of hydrogen-bond donors (Lipinski definition) is 3. The standard InChI is InChI=1S/C19H24F2N4O5/c1-19(2,3)18(29)24-14(16(22)27)17(28)23-12-5-4-10(8-11(12)15(20)21)25-6-7-30-9-13(25)26/h4-5,8,14-15H,6-7,9H2,1-3H3,(H2,22,27)(H,23,28)(H,24,29)/t14-/m0/s1. The lowest BCUT2D eigenvalue weighted by molar-refractivity contribution is -0.136. The van der Waals surface area contributed by atoms with Gasteiger partial charge in [0.15, 0.2) is 6.04 Å². The SMILES string of the molecule is CC(C)(C)C(=O)N[C@@H](C(N)=O)C(=O)Nc1ccc(N2CCOCC2=O)cc1C(F)F. The molecule has 1 saturated heterocycles. The molecule has 1 aromatic carbocycles. The second kappa shape index (κ2) is 9.16. The zero-order chi connectivity index (χ0) is 22.6. The highest BCUT2D eigenvalue weighted by atomic mass is 19.3. The summed E-state index contributed by atoms with van der Waals surface area (Å²) in [7, 11) is 0. The molecule has 164 valence electrons. The molecule has 0 aliphatic carbocycles. The molecule has 9 nitrogen and oxygen atoms in total. The van der Waals surface area contributed by atoms with Crippen LogP contribution < -0.4 is 21.3 Å². The Kier molecular flexibility index (Phi) is 7.08. The first-order valence-electron chi connectivity index (χ1n) is 9.13. The molecule has 1 aliphatic heterocycles. The number of carbonyl (C=O) groups excluding carboxylic acids is 4. The Morgan fingerprint density at radius 3 is 2.43 bits per heavy atom. The minimum absolute atomic E-state index is 0.156. The highest BCUT2D eigenvalue weighted by Gasteiger charge is 2.32. The molecule has 1 aromatic rings. The molecular formula is C19H24F2N4O5. The monoisotopic (exact) mass is 426 g/mol. The molecule has 1 atom stereocenters. The van der Waals surface area contributed by atoms with Crippen LogP contribution in [0.5, 0.6) is 0 Å².